The average molecular weight is 191 g/mol. The maximum absolute atomic E-state index is 11.5. The third kappa shape index (κ3) is 2.30. The van der Waals surface area contributed by atoms with Gasteiger partial charge in [0.1, 0.15) is 5.69 Å². The molecule has 1 unspecified atom stereocenters. The van der Waals surface area contributed by atoms with Gasteiger partial charge >= 0.3 is 0 Å². The van der Waals surface area contributed by atoms with Crippen LogP contribution in [0.1, 0.15) is 23.8 Å². The van der Waals surface area contributed by atoms with E-state index in [2.05, 4.69) is 16.2 Å². The number of hydrogen-bond donors (Lipinski definition) is 3. The molecule has 1 aromatic heterocycles. The molecule has 0 saturated carbocycles. The Bertz CT molecular complexity index is 362. The molecule has 4 N–H and O–H groups in total. The first kappa shape index (κ1) is 10.2. The summed E-state index contributed by atoms with van der Waals surface area (Å²) in [5.74, 6) is 2.25. The summed E-state index contributed by atoms with van der Waals surface area (Å²) in [6.45, 7) is 1.91. The van der Waals surface area contributed by atoms with Crippen LogP contribution in [0.15, 0.2) is 12.3 Å². The van der Waals surface area contributed by atoms with Crippen molar-refractivity contribution in [1.29, 1.82) is 0 Å². The molecular weight excluding hydrogens is 178 g/mol. The van der Waals surface area contributed by atoms with E-state index in [0.717, 1.165) is 0 Å². The van der Waals surface area contributed by atoms with Gasteiger partial charge in [-0.15, -0.1) is 6.42 Å². The van der Waals surface area contributed by atoms with Crippen molar-refractivity contribution in [2.24, 2.45) is 0 Å². The zero-order valence-electron chi connectivity index (χ0n) is 8.00. The number of anilines is 1. The smallest absolute Gasteiger partial charge is 0.268 e. The Hall–Kier alpha value is -1.89. The number of hydrogen-bond acceptors (Lipinski definition) is 2. The van der Waals surface area contributed by atoms with Crippen molar-refractivity contribution >= 4 is 11.6 Å². The predicted molar refractivity (Wildman–Crippen MR) is 55.6 cm³/mol. The number of aromatic amines is 1. The van der Waals surface area contributed by atoms with E-state index in [9.17, 15) is 4.79 Å². The van der Waals surface area contributed by atoms with E-state index in [-0.39, 0.29) is 11.9 Å². The number of H-pyrrole nitrogens is 1. The van der Waals surface area contributed by atoms with Crippen LogP contribution in [0.25, 0.3) is 0 Å². The minimum atomic E-state index is -0.230. The SMILES string of the molecule is C#CC(CC)NC(=O)c1cc(N)c[nH]1. The zero-order chi connectivity index (χ0) is 10.6. The van der Waals surface area contributed by atoms with Gasteiger partial charge in [-0.05, 0) is 12.5 Å². The molecule has 0 aromatic carbocycles. The van der Waals surface area contributed by atoms with Gasteiger partial charge in [-0.3, -0.25) is 4.79 Å². The van der Waals surface area contributed by atoms with E-state index < -0.39 is 0 Å². The van der Waals surface area contributed by atoms with E-state index >= 15 is 0 Å². The van der Waals surface area contributed by atoms with Crippen molar-refractivity contribution in [3.05, 3.63) is 18.0 Å². The summed E-state index contributed by atoms with van der Waals surface area (Å²) in [6, 6.07) is 1.34. The number of amides is 1. The lowest BCUT2D eigenvalue weighted by Crippen LogP contribution is -2.33. The third-order valence-electron chi connectivity index (χ3n) is 1.86. The molecule has 0 bridgehead atoms. The summed E-state index contributed by atoms with van der Waals surface area (Å²) in [5, 5.41) is 2.68. The van der Waals surface area contributed by atoms with Gasteiger partial charge in [-0.25, -0.2) is 0 Å². The van der Waals surface area contributed by atoms with Crippen molar-refractivity contribution in [2.75, 3.05) is 5.73 Å². The number of terminal acetylenes is 1. The van der Waals surface area contributed by atoms with E-state index in [1.807, 2.05) is 6.92 Å². The summed E-state index contributed by atoms with van der Waals surface area (Å²) < 4.78 is 0. The van der Waals surface area contributed by atoms with Crippen LogP contribution in [0.5, 0.6) is 0 Å². The molecule has 1 heterocycles. The first-order valence-corrected chi connectivity index (χ1v) is 4.38. The molecule has 0 aliphatic rings. The number of nitrogens with two attached hydrogens (primary N) is 1. The monoisotopic (exact) mass is 191 g/mol. The first-order chi connectivity index (χ1) is 6.67. The standard InChI is InChI=1S/C10H13N3O/c1-3-8(4-2)13-10(14)9-5-7(11)6-12-9/h1,5-6,8,12H,4,11H2,2H3,(H,13,14). The van der Waals surface area contributed by atoms with E-state index in [1.54, 1.807) is 12.3 Å². The molecule has 0 aliphatic carbocycles. The fraction of sp³-hybridized carbons (Fsp3) is 0.300. The van der Waals surface area contributed by atoms with E-state index in [4.69, 9.17) is 12.2 Å². The summed E-state index contributed by atoms with van der Waals surface area (Å²) >= 11 is 0. The van der Waals surface area contributed by atoms with Crippen LogP contribution in [0.3, 0.4) is 0 Å². The first-order valence-electron chi connectivity index (χ1n) is 4.38. The van der Waals surface area contributed by atoms with Crippen LogP contribution in [-0.2, 0) is 0 Å². The maximum atomic E-state index is 11.5. The second kappa shape index (κ2) is 4.38. The predicted octanol–water partition coefficient (Wildman–Crippen LogP) is 0.739. The normalized spacial score (nSPS) is 11.7. The largest absolute Gasteiger partial charge is 0.397 e. The average Bonchev–Trinajstić information content (AvgIpc) is 2.61. The number of aromatic nitrogens is 1. The molecule has 0 saturated heterocycles. The van der Waals surface area contributed by atoms with Gasteiger partial charge in [-0.1, -0.05) is 12.8 Å². The quantitative estimate of drug-likeness (QED) is 0.616. The van der Waals surface area contributed by atoms with Gasteiger partial charge in [0.2, 0.25) is 0 Å². The second-order valence-electron chi connectivity index (χ2n) is 2.95. The molecular formula is C10H13N3O. The number of carbonyl (C=O) groups is 1. The van der Waals surface area contributed by atoms with E-state index in [1.165, 1.54) is 0 Å². The highest BCUT2D eigenvalue weighted by Crippen LogP contribution is 2.04. The Morgan fingerprint density at radius 2 is 2.57 bits per heavy atom. The molecule has 0 spiro atoms. The van der Waals surface area contributed by atoms with Gasteiger partial charge < -0.3 is 16.0 Å². The molecule has 4 nitrogen and oxygen atoms in total. The van der Waals surface area contributed by atoms with Gasteiger partial charge in [0.25, 0.3) is 5.91 Å². The Morgan fingerprint density at radius 1 is 1.86 bits per heavy atom. The Kier molecular flexibility index (Phi) is 3.19. The van der Waals surface area contributed by atoms with Crippen LogP contribution in [0, 0.1) is 12.3 Å². The lowest BCUT2D eigenvalue weighted by atomic mass is 10.2. The summed E-state index contributed by atoms with van der Waals surface area (Å²) in [7, 11) is 0. The van der Waals surface area contributed by atoms with Crippen LogP contribution >= 0.6 is 0 Å². The third-order valence-corrected chi connectivity index (χ3v) is 1.86. The number of rotatable bonds is 3. The molecule has 14 heavy (non-hydrogen) atoms. The minimum absolute atomic E-state index is 0.230. The lowest BCUT2D eigenvalue weighted by molar-refractivity contribution is 0.0940. The van der Waals surface area contributed by atoms with Gasteiger partial charge in [0.15, 0.2) is 0 Å². The van der Waals surface area contributed by atoms with Crippen LogP contribution in [-0.4, -0.2) is 16.9 Å². The molecule has 1 rings (SSSR count). The van der Waals surface area contributed by atoms with Gasteiger partial charge in [0.05, 0.1) is 6.04 Å². The van der Waals surface area contributed by atoms with Crippen LogP contribution in [0.4, 0.5) is 5.69 Å². The Labute approximate surface area is 82.9 Å². The van der Waals surface area contributed by atoms with Gasteiger partial charge in [-0.2, -0.15) is 0 Å². The highest BCUT2D eigenvalue weighted by atomic mass is 16.1. The fourth-order valence-corrected chi connectivity index (χ4v) is 1.04. The Balaban J connectivity index is 2.64. The molecule has 1 aromatic rings. The minimum Gasteiger partial charge on any atom is -0.397 e. The topological polar surface area (TPSA) is 70.9 Å². The second-order valence-corrected chi connectivity index (χ2v) is 2.95. The summed E-state index contributed by atoms with van der Waals surface area (Å²) in [4.78, 5) is 14.2. The van der Waals surface area contributed by atoms with Crippen molar-refractivity contribution < 1.29 is 4.79 Å². The Morgan fingerprint density at radius 3 is 3.00 bits per heavy atom. The van der Waals surface area contributed by atoms with Crippen molar-refractivity contribution in [2.45, 2.75) is 19.4 Å². The maximum Gasteiger partial charge on any atom is 0.268 e. The molecule has 1 atom stereocenters. The van der Waals surface area contributed by atoms with Crippen LogP contribution < -0.4 is 11.1 Å². The number of nitrogens with one attached hydrogen (secondary N) is 2. The van der Waals surface area contributed by atoms with Crippen molar-refractivity contribution in [1.82, 2.24) is 10.3 Å². The van der Waals surface area contributed by atoms with Crippen molar-refractivity contribution in [3.63, 3.8) is 0 Å². The fourth-order valence-electron chi connectivity index (χ4n) is 1.04. The molecule has 0 radical (unpaired) electrons. The number of nitrogen functional groups attached to an aromatic ring is 1. The molecule has 1 amide bonds. The summed E-state index contributed by atoms with van der Waals surface area (Å²) in [6.07, 6.45) is 7.48. The number of carbonyl (C=O) groups excluding carboxylic acids is 1. The molecule has 0 aliphatic heterocycles. The lowest BCUT2D eigenvalue weighted by Gasteiger charge is -2.08. The van der Waals surface area contributed by atoms with Crippen LogP contribution in [0.2, 0.25) is 0 Å². The molecule has 0 fully saturated rings. The van der Waals surface area contributed by atoms with Gasteiger partial charge in [0, 0.05) is 11.9 Å². The summed E-state index contributed by atoms with van der Waals surface area (Å²) in [5.41, 5.74) is 6.42. The van der Waals surface area contributed by atoms with Crippen molar-refractivity contribution in [3.8, 4) is 12.3 Å². The zero-order valence-corrected chi connectivity index (χ0v) is 8.00. The molecule has 4 heteroatoms. The molecule has 74 valence electrons. The van der Waals surface area contributed by atoms with E-state index in [0.29, 0.717) is 17.8 Å². The highest BCUT2D eigenvalue weighted by molar-refractivity contribution is 5.93. The highest BCUT2D eigenvalue weighted by Gasteiger charge is 2.10.